The molecule has 3 unspecified atom stereocenters. The number of rotatable bonds is 8. The normalized spacial score (nSPS) is 18.1. The lowest BCUT2D eigenvalue weighted by molar-refractivity contribution is 0.519. The number of furan rings is 1. The van der Waals surface area contributed by atoms with E-state index in [0.717, 1.165) is 76.6 Å². The SMILES string of the molecule is CCC1/C(c2ccccc2)=C\CC/C(c2cccc(-n3c4ccccc4c4cc5c(cc43)-c3ccccc3C(c3ccccc3)CC5)c2)=N\C1c1ccc2c(c1)oc1cc(-c3cccc(-c4ccccc4)c3)ccc12. The summed E-state index contributed by atoms with van der Waals surface area (Å²) in [6.45, 7) is 2.32. The Morgan fingerprint density at radius 1 is 0.467 bits per heavy atom. The first-order valence-corrected chi connectivity index (χ1v) is 26.9. The molecule has 2 aliphatic rings. The van der Waals surface area contributed by atoms with Gasteiger partial charge < -0.3 is 8.98 Å². The van der Waals surface area contributed by atoms with Gasteiger partial charge in [-0.1, -0.05) is 195 Å². The molecule has 10 aromatic carbocycles. The van der Waals surface area contributed by atoms with E-state index in [2.05, 4.69) is 254 Å². The van der Waals surface area contributed by atoms with Gasteiger partial charge in [0.25, 0.3) is 0 Å². The molecule has 0 N–H and O–H groups in total. The fourth-order valence-electron chi connectivity index (χ4n) is 12.8. The largest absolute Gasteiger partial charge is 0.456 e. The number of aliphatic imine (C=N–C) groups is 1. The summed E-state index contributed by atoms with van der Waals surface area (Å²) in [5.74, 6) is 0.487. The predicted octanol–water partition coefficient (Wildman–Crippen LogP) is 19.2. The van der Waals surface area contributed by atoms with E-state index in [1.165, 1.54) is 83.0 Å². The molecule has 0 saturated carbocycles. The van der Waals surface area contributed by atoms with Gasteiger partial charge in [-0.2, -0.15) is 0 Å². The van der Waals surface area contributed by atoms with Crippen LogP contribution in [0, 0.1) is 5.92 Å². The molecule has 3 heteroatoms. The van der Waals surface area contributed by atoms with Crippen molar-refractivity contribution in [2.45, 2.75) is 51.0 Å². The fourth-order valence-corrected chi connectivity index (χ4v) is 12.8. The van der Waals surface area contributed by atoms with E-state index in [4.69, 9.17) is 9.41 Å². The second-order valence-electron chi connectivity index (χ2n) is 20.6. The van der Waals surface area contributed by atoms with Crippen LogP contribution in [-0.2, 0) is 6.42 Å². The highest BCUT2D eigenvalue weighted by Crippen LogP contribution is 2.46. The highest BCUT2D eigenvalue weighted by atomic mass is 16.3. The van der Waals surface area contributed by atoms with Crippen molar-refractivity contribution in [1.82, 2.24) is 4.57 Å². The quantitative estimate of drug-likeness (QED) is 0.149. The molecule has 0 fully saturated rings. The summed E-state index contributed by atoms with van der Waals surface area (Å²) >= 11 is 0. The van der Waals surface area contributed by atoms with E-state index in [1.807, 2.05) is 0 Å². The highest BCUT2D eigenvalue weighted by molar-refractivity contribution is 6.11. The minimum absolute atomic E-state index is 0.141. The van der Waals surface area contributed by atoms with Crippen molar-refractivity contribution >= 4 is 55.0 Å². The first-order valence-electron chi connectivity index (χ1n) is 26.9. The van der Waals surface area contributed by atoms with Crippen molar-refractivity contribution in [3.8, 4) is 39.1 Å². The van der Waals surface area contributed by atoms with Crippen LogP contribution in [0.2, 0.25) is 0 Å². The number of hydrogen-bond donors (Lipinski definition) is 0. The Morgan fingerprint density at radius 2 is 1.13 bits per heavy atom. The summed E-state index contributed by atoms with van der Waals surface area (Å²) in [6.07, 6.45) is 7.26. The molecular formula is C72H56N2O. The Kier molecular flexibility index (Phi) is 11.3. The van der Waals surface area contributed by atoms with Gasteiger partial charge in [0.1, 0.15) is 11.2 Å². The summed E-state index contributed by atoms with van der Waals surface area (Å²) in [5.41, 5.74) is 23.1. The van der Waals surface area contributed by atoms with Crippen LogP contribution in [0.15, 0.2) is 252 Å². The second kappa shape index (κ2) is 18.9. The standard InChI is InChI=1S/C72H56N2O/c1-2-57-58(48-21-8-4-9-22-48)32-18-33-67(73-72(57)55-37-40-64-63-39-35-52(44-70(63)75-71(64)45-55)51-26-16-25-50(41-51)47-19-6-3-7-20-47)54-27-17-28-56(42-54)74-68-34-15-14-31-62(68)66-43-53-36-38-59(49-23-10-5-11-24-49)60-29-12-13-30-61(60)65(53)46-69(66)74/h3-17,19-32,34-35,37,39-46,57,59,72H,2,18,33,36,38H2,1H3/b58-32-,73-67+. The Labute approximate surface area is 438 Å². The molecule has 1 aliphatic carbocycles. The summed E-state index contributed by atoms with van der Waals surface area (Å²) < 4.78 is 9.36. The monoisotopic (exact) mass is 964 g/mol. The predicted molar refractivity (Wildman–Crippen MR) is 314 cm³/mol. The van der Waals surface area contributed by atoms with Crippen LogP contribution in [0.5, 0.6) is 0 Å². The van der Waals surface area contributed by atoms with Gasteiger partial charge in [-0.25, -0.2) is 0 Å². The highest BCUT2D eigenvalue weighted by Gasteiger charge is 2.30. The molecule has 0 amide bonds. The van der Waals surface area contributed by atoms with Gasteiger partial charge in [0.15, 0.2) is 0 Å². The van der Waals surface area contributed by atoms with Crippen molar-refractivity contribution in [2.75, 3.05) is 0 Å². The maximum Gasteiger partial charge on any atom is 0.136 e. The van der Waals surface area contributed by atoms with Gasteiger partial charge in [0.05, 0.1) is 17.1 Å². The third kappa shape index (κ3) is 8.02. The molecule has 0 spiro atoms. The Morgan fingerprint density at radius 3 is 1.96 bits per heavy atom. The van der Waals surface area contributed by atoms with Gasteiger partial charge in [-0.3, -0.25) is 4.99 Å². The molecule has 0 saturated heterocycles. The number of benzene rings is 10. The minimum Gasteiger partial charge on any atom is -0.456 e. The van der Waals surface area contributed by atoms with Crippen molar-refractivity contribution < 1.29 is 4.42 Å². The third-order valence-electron chi connectivity index (χ3n) is 16.4. The number of nitrogens with zero attached hydrogens (tertiary/aromatic N) is 2. The number of para-hydroxylation sites is 1. The minimum atomic E-state index is -0.141. The molecular weight excluding hydrogens is 909 g/mol. The zero-order valence-corrected chi connectivity index (χ0v) is 42.2. The molecule has 14 rings (SSSR count). The molecule has 1 aliphatic heterocycles. The zero-order chi connectivity index (χ0) is 49.8. The molecule has 0 radical (unpaired) electrons. The summed E-state index contributed by atoms with van der Waals surface area (Å²) in [7, 11) is 0. The fraction of sp³-hybridized carbons (Fsp3) is 0.125. The van der Waals surface area contributed by atoms with Crippen LogP contribution < -0.4 is 0 Å². The van der Waals surface area contributed by atoms with Crippen LogP contribution in [-0.4, -0.2) is 10.3 Å². The first kappa shape index (κ1) is 44.9. The second-order valence-corrected chi connectivity index (χ2v) is 20.6. The topological polar surface area (TPSA) is 30.4 Å². The van der Waals surface area contributed by atoms with E-state index in [-0.39, 0.29) is 12.0 Å². The summed E-state index contributed by atoms with van der Waals surface area (Å²) in [6, 6.07) is 87.1. The van der Waals surface area contributed by atoms with E-state index < -0.39 is 0 Å². The number of fused-ring (bicyclic) bond motifs is 9. The molecule has 3 atom stereocenters. The molecule has 360 valence electrons. The zero-order valence-electron chi connectivity index (χ0n) is 42.2. The number of aromatic nitrogens is 1. The van der Waals surface area contributed by atoms with Crippen LogP contribution in [0.3, 0.4) is 0 Å². The molecule has 75 heavy (non-hydrogen) atoms. The first-order chi connectivity index (χ1) is 37.1. The average molecular weight is 965 g/mol. The van der Waals surface area contributed by atoms with Gasteiger partial charge in [-0.15, -0.1) is 0 Å². The summed E-state index contributed by atoms with van der Waals surface area (Å²) in [4.78, 5) is 5.95. The van der Waals surface area contributed by atoms with Crippen LogP contribution >= 0.6 is 0 Å². The summed E-state index contributed by atoms with van der Waals surface area (Å²) in [5, 5.41) is 4.82. The van der Waals surface area contributed by atoms with E-state index in [1.54, 1.807) is 0 Å². The van der Waals surface area contributed by atoms with Crippen molar-refractivity contribution in [3.05, 3.63) is 276 Å². The maximum absolute atomic E-state index is 6.86. The van der Waals surface area contributed by atoms with E-state index in [9.17, 15) is 0 Å². The van der Waals surface area contributed by atoms with Crippen LogP contribution in [0.25, 0.3) is 88.4 Å². The lowest BCUT2D eigenvalue weighted by atomic mass is 9.80. The van der Waals surface area contributed by atoms with Crippen LogP contribution in [0.1, 0.15) is 77.9 Å². The smallest absolute Gasteiger partial charge is 0.136 e. The van der Waals surface area contributed by atoms with Gasteiger partial charge >= 0.3 is 0 Å². The Hall–Kier alpha value is -8.79. The molecule has 3 heterocycles. The number of aryl methyl sites for hydroxylation is 1. The average Bonchev–Trinajstić information content (AvgIpc) is 3.95. The molecule has 2 aromatic heterocycles. The molecule has 3 nitrogen and oxygen atoms in total. The van der Waals surface area contributed by atoms with Crippen molar-refractivity contribution in [3.63, 3.8) is 0 Å². The number of allylic oxidation sites excluding steroid dienone is 1. The lowest BCUT2D eigenvalue weighted by Crippen LogP contribution is -2.18. The van der Waals surface area contributed by atoms with E-state index in [0.29, 0.717) is 5.92 Å². The van der Waals surface area contributed by atoms with Crippen LogP contribution in [0.4, 0.5) is 0 Å². The maximum atomic E-state index is 6.86. The van der Waals surface area contributed by atoms with E-state index >= 15 is 0 Å². The molecule has 0 bridgehead atoms. The Balaban J connectivity index is 0.877. The van der Waals surface area contributed by atoms with Crippen molar-refractivity contribution in [1.29, 1.82) is 0 Å². The lowest BCUT2D eigenvalue weighted by Gasteiger charge is -2.29. The Bertz CT molecular complexity index is 4180. The number of hydrogen-bond acceptors (Lipinski definition) is 2. The third-order valence-corrected chi connectivity index (χ3v) is 16.4. The van der Waals surface area contributed by atoms with Gasteiger partial charge in [-0.05, 0) is 159 Å². The van der Waals surface area contributed by atoms with Gasteiger partial charge in [0, 0.05) is 44.8 Å². The molecule has 12 aromatic rings. The van der Waals surface area contributed by atoms with Crippen molar-refractivity contribution in [2.24, 2.45) is 10.9 Å². The van der Waals surface area contributed by atoms with Gasteiger partial charge in [0.2, 0.25) is 0 Å².